The maximum absolute atomic E-state index is 11.2. The molecule has 5 N–H and O–H groups in total. The Morgan fingerprint density at radius 2 is 1.28 bits per heavy atom. The van der Waals surface area contributed by atoms with Crippen molar-refractivity contribution in [1.29, 1.82) is 0 Å². The lowest BCUT2D eigenvalue weighted by Crippen LogP contribution is -2.18. The number of benzene rings is 4. The summed E-state index contributed by atoms with van der Waals surface area (Å²) >= 11 is 0. The number of hydrogen-bond acceptors (Lipinski definition) is 5. The molecule has 3 atom stereocenters. The molecular weight excluding hydrogens is 536 g/mol. The first kappa shape index (κ1) is 25.9. The van der Waals surface area contributed by atoms with Crippen LogP contribution in [0, 0.1) is 13.8 Å². The third-order valence-electron chi connectivity index (χ3n) is 9.17. The molecule has 6 nitrogen and oxygen atoms in total. The molecule has 0 radical (unpaired) electrons. The molecule has 43 heavy (non-hydrogen) atoms. The smallest absolute Gasteiger partial charge is 0.199 e. The average Bonchev–Trinajstić information content (AvgIpc) is 3.53. The monoisotopic (exact) mass is 566 g/mol. The molecule has 1 aliphatic heterocycles. The molecule has 6 heteroatoms. The van der Waals surface area contributed by atoms with Crippen LogP contribution in [-0.2, 0) is 6.42 Å². The van der Waals surface area contributed by atoms with E-state index in [1.54, 1.807) is 0 Å². The van der Waals surface area contributed by atoms with Crippen LogP contribution >= 0.6 is 0 Å². The summed E-state index contributed by atoms with van der Waals surface area (Å²) in [4.78, 5) is 7.92. The van der Waals surface area contributed by atoms with E-state index in [1.807, 2.05) is 61.5 Å². The number of nitrogens with one attached hydrogen (secondary N) is 1. The quantitative estimate of drug-likeness (QED) is 0.161. The van der Waals surface area contributed by atoms with Gasteiger partial charge in [-0.15, -0.1) is 0 Å². The zero-order valence-electron chi connectivity index (χ0n) is 23.8. The molecule has 0 amide bonds. The zero-order valence-corrected chi connectivity index (χ0v) is 23.8. The minimum atomic E-state index is -1.10. The highest BCUT2D eigenvalue weighted by Gasteiger charge is 2.35. The Hall–Kier alpha value is -4.75. The Morgan fingerprint density at radius 1 is 0.698 bits per heavy atom. The maximum atomic E-state index is 11.2. The van der Waals surface area contributed by atoms with E-state index in [0.29, 0.717) is 51.3 Å². The normalized spacial score (nSPS) is 19.7. The van der Waals surface area contributed by atoms with Crippen LogP contribution < -0.4 is 0 Å². The highest BCUT2D eigenvalue weighted by Crippen LogP contribution is 2.48. The number of hydrogen-bond donors (Lipinski definition) is 5. The van der Waals surface area contributed by atoms with Gasteiger partial charge in [-0.25, -0.2) is 4.99 Å². The molecule has 0 spiro atoms. The number of H-pyrrole nitrogens is 1. The first-order valence-electron chi connectivity index (χ1n) is 14.5. The van der Waals surface area contributed by atoms with E-state index in [9.17, 15) is 20.4 Å². The van der Waals surface area contributed by atoms with E-state index in [-0.39, 0.29) is 5.88 Å². The summed E-state index contributed by atoms with van der Waals surface area (Å²) < 4.78 is 0. The highest BCUT2D eigenvalue weighted by molar-refractivity contribution is 6.23. The Morgan fingerprint density at radius 3 is 2.02 bits per heavy atom. The van der Waals surface area contributed by atoms with Crippen molar-refractivity contribution >= 4 is 11.4 Å². The molecule has 3 unspecified atom stereocenters. The maximum Gasteiger partial charge on any atom is 0.199 e. The van der Waals surface area contributed by atoms with Gasteiger partial charge in [0.1, 0.15) is 12.2 Å². The lowest BCUT2D eigenvalue weighted by atomic mass is 9.80. The summed E-state index contributed by atoms with van der Waals surface area (Å²) in [7, 11) is 0. The van der Waals surface area contributed by atoms with Gasteiger partial charge in [-0.05, 0) is 76.1 Å². The molecule has 0 saturated heterocycles. The minimum Gasteiger partial charge on any atom is -0.494 e. The van der Waals surface area contributed by atoms with Crippen molar-refractivity contribution in [2.24, 2.45) is 4.99 Å². The number of aliphatic hydroxyl groups excluding tert-OH is 3. The fraction of sp³-hybridized carbons (Fsp3) is 0.162. The van der Waals surface area contributed by atoms with E-state index in [2.05, 4.69) is 36.7 Å². The Kier molecular flexibility index (Phi) is 5.50. The van der Waals surface area contributed by atoms with Gasteiger partial charge in [-0.3, -0.25) is 0 Å². The molecule has 212 valence electrons. The lowest BCUT2D eigenvalue weighted by molar-refractivity contribution is 0.0157. The van der Waals surface area contributed by atoms with Crippen LogP contribution in [0.2, 0.25) is 0 Å². The third-order valence-corrected chi connectivity index (χ3v) is 9.17. The lowest BCUT2D eigenvalue weighted by Gasteiger charge is -2.30. The molecule has 0 bridgehead atoms. The molecule has 3 aliphatic rings. The van der Waals surface area contributed by atoms with Crippen molar-refractivity contribution in [2.45, 2.75) is 38.6 Å². The van der Waals surface area contributed by atoms with Gasteiger partial charge in [-0.1, -0.05) is 78.4 Å². The van der Waals surface area contributed by atoms with Crippen LogP contribution in [0.3, 0.4) is 0 Å². The molecule has 0 saturated carbocycles. The molecule has 0 fully saturated rings. The Bertz CT molecular complexity index is 2070. The number of nitrogens with zero attached hydrogens (tertiary/aromatic N) is 1. The number of aliphatic imine (C=N–C) groups is 1. The van der Waals surface area contributed by atoms with Crippen molar-refractivity contribution in [3.8, 4) is 39.4 Å². The van der Waals surface area contributed by atoms with E-state index in [0.717, 1.165) is 44.5 Å². The SMILES string of the molecule is C=C1N=C(c2ccc3c(c2)C(O)C(O)c2cc(C)ccc2-3)c2c(O)[nH]c(-c3ccc4c(c3)C(O)Cc3cc(C)ccc3-4)c21. The fourth-order valence-electron chi connectivity index (χ4n) is 7.10. The fourth-order valence-corrected chi connectivity index (χ4v) is 7.10. The number of fused-ring (bicyclic) bond motifs is 7. The van der Waals surface area contributed by atoms with Gasteiger partial charge in [0.25, 0.3) is 0 Å². The van der Waals surface area contributed by atoms with Crippen molar-refractivity contribution < 1.29 is 20.4 Å². The van der Waals surface area contributed by atoms with Crippen molar-refractivity contribution in [3.05, 3.63) is 129 Å². The van der Waals surface area contributed by atoms with Crippen LogP contribution in [0.5, 0.6) is 5.88 Å². The highest BCUT2D eigenvalue weighted by atomic mass is 16.3. The summed E-state index contributed by atoms with van der Waals surface area (Å²) in [5.74, 6) is -0.0272. The van der Waals surface area contributed by atoms with Crippen LogP contribution in [0.25, 0.3) is 39.2 Å². The molecule has 2 heterocycles. The summed E-state index contributed by atoms with van der Waals surface area (Å²) in [5.41, 5.74) is 13.9. The van der Waals surface area contributed by atoms with Gasteiger partial charge in [0, 0.05) is 17.5 Å². The standard InChI is InChI=1S/C37H30N2O4/c1-17-4-8-23-22(12-17)16-30(40)27-14-20(6-10-24(23)27)33-31-19(3)38-34(32(31)37(43)39-33)21-7-11-26-25-9-5-18(2)13-28(25)35(41)36(42)29(26)15-21/h4-15,30,35-36,39-43H,3,16H2,1-2H3. The Balaban J connectivity index is 1.21. The number of aryl methyl sites for hydroxylation is 2. The van der Waals surface area contributed by atoms with Gasteiger partial charge < -0.3 is 25.4 Å². The topological polar surface area (TPSA) is 109 Å². The van der Waals surface area contributed by atoms with Crippen molar-refractivity contribution in [3.63, 3.8) is 0 Å². The summed E-state index contributed by atoms with van der Waals surface area (Å²) in [6, 6.07) is 23.9. The number of aromatic hydroxyl groups is 1. The summed E-state index contributed by atoms with van der Waals surface area (Å²) in [5, 5.41) is 44.3. The van der Waals surface area contributed by atoms with Gasteiger partial charge in [0.05, 0.1) is 28.8 Å². The second-order valence-corrected chi connectivity index (χ2v) is 12.0. The van der Waals surface area contributed by atoms with E-state index in [1.165, 1.54) is 5.56 Å². The zero-order chi connectivity index (χ0) is 29.7. The van der Waals surface area contributed by atoms with Gasteiger partial charge in [0.2, 0.25) is 0 Å². The average molecular weight is 567 g/mol. The molecular formula is C37H30N2O4. The van der Waals surface area contributed by atoms with Crippen LogP contribution in [0.4, 0.5) is 0 Å². The predicted molar refractivity (Wildman–Crippen MR) is 168 cm³/mol. The van der Waals surface area contributed by atoms with Crippen molar-refractivity contribution in [1.82, 2.24) is 4.98 Å². The molecule has 4 aromatic carbocycles. The van der Waals surface area contributed by atoms with Crippen molar-refractivity contribution in [2.75, 3.05) is 0 Å². The molecule has 8 rings (SSSR count). The Labute approximate surface area is 249 Å². The second-order valence-electron chi connectivity index (χ2n) is 12.0. The summed E-state index contributed by atoms with van der Waals surface area (Å²) in [6.45, 7) is 8.23. The number of rotatable bonds is 2. The van der Waals surface area contributed by atoms with E-state index < -0.39 is 18.3 Å². The predicted octanol–water partition coefficient (Wildman–Crippen LogP) is 6.83. The van der Waals surface area contributed by atoms with Gasteiger partial charge in [0.15, 0.2) is 5.88 Å². The minimum absolute atomic E-state index is 0.0272. The van der Waals surface area contributed by atoms with Crippen LogP contribution in [0.1, 0.15) is 68.4 Å². The first-order valence-corrected chi connectivity index (χ1v) is 14.5. The van der Waals surface area contributed by atoms with Gasteiger partial charge >= 0.3 is 0 Å². The van der Waals surface area contributed by atoms with E-state index >= 15 is 0 Å². The third kappa shape index (κ3) is 3.74. The number of aromatic nitrogens is 1. The molecule has 5 aromatic rings. The summed E-state index contributed by atoms with van der Waals surface area (Å²) in [6.07, 6.45) is -2.23. The second kappa shape index (κ2) is 9.12. The van der Waals surface area contributed by atoms with E-state index in [4.69, 9.17) is 4.99 Å². The van der Waals surface area contributed by atoms with Gasteiger partial charge in [-0.2, -0.15) is 0 Å². The first-order chi connectivity index (χ1) is 20.7. The molecule has 2 aliphatic carbocycles. The van der Waals surface area contributed by atoms with Crippen LogP contribution in [-0.4, -0.2) is 31.1 Å². The largest absolute Gasteiger partial charge is 0.494 e. The number of aliphatic hydroxyl groups is 3. The number of aromatic amines is 1. The van der Waals surface area contributed by atoms with Crippen LogP contribution in [0.15, 0.2) is 84.4 Å². The molecule has 1 aromatic heterocycles.